The minimum absolute atomic E-state index is 0.0377. The van der Waals surface area contributed by atoms with Crippen molar-refractivity contribution < 1.29 is 18.0 Å². The van der Waals surface area contributed by atoms with Crippen LogP contribution in [0, 0.1) is 5.92 Å². The maximum atomic E-state index is 12.9. The fourth-order valence-corrected chi connectivity index (χ4v) is 5.27. The number of hydrogen-bond acceptors (Lipinski definition) is 6. The predicted molar refractivity (Wildman–Crippen MR) is 124 cm³/mol. The molecule has 9 nitrogen and oxygen atoms in total. The van der Waals surface area contributed by atoms with Crippen molar-refractivity contribution in [1.29, 1.82) is 0 Å². The van der Waals surface area contributed by atoms with Crippen molar-refractivity contribution in [1.82, 2.24) is 19.7 Å². The zero-order valence-corrected chi connectivity index (χ0v) is 19.5. The number of nitrogens with one attached hydrogen (secondary N) is 1. The largest absolute Gasteiger partial charge is 0.340 e. The average molecular weight is 472 g/mol. The Bertz CT molecular complexity index is 1080. The van der Waals surface area contributed by atoms with E-state index < -0.39 is 10.0 Å². The first-order valence-corrected chi connectivity index (χ1v) is 12.6. The number of piperazine rings is 1. The average Bonchev–Trinajstić information content (AvgIpc) is 2.84. The molecule has 4 rings (SSSR count). The zero-order valence-electron chi connectivity index (χ0n) is 18.7. The molecular formula is C23H29N5O4S. The molecule has 2 fully saturated rings. The highest BCUT2D eigenvalue weighted by Crippen LogP contribution is 2.23. The van der Waals surface area contributed by atoms with E-state index in [0.29, 0.717) is 37.2 Å². The number of sulfonamides is 1. The first-order chi connectivity index (χ1) is 15.8. The fraction of sp³-hybridized carbons (Fsp3) is 0.435. The molecule has 1 aromatic heterocycles. The molecule has 0 spiro atoms. The lowest BCUT2D eigenvalue weighted by molar-refractivity contribution is -0.138. The van der Waals surface area contributed by atoms with Crippen LogP contribution in [-0.4, -0.2) is 86.2 Å². The van der Waals surface area contributed by atoms with Gasteiger partial charge >= 0.3 is 0 Å². The van der Waals surface area contributed by atoms with Gasteiger partial charge in [0.25, 0.3) is 15.9 Å². The van der Waals surface area contributed by atoms with Crippen molar-refractivity contribution in [2.45, 2.75) is 17.7 Å². The van der Waals surface area contributed by atoms with Gasteiger partial charge in [0.05, 0.1) is 10.6 Å². The highest BCUT2D eigenvalue weighted by atomic mass is 32.2. The number of piperidine rings is 1. The molecule has 176 valence electrons. The van der Waals surface area contributed by atoms with Gasteiger partial charge in [0.15, 0.2) is 0 Å². The minimum Gasteiger partial charge on any atom is -0.340 e. The molecule has 2 aliphatic rings. The summed E-state index contributed by atoms with van der Waals surface area (Å²) >= 11 is 0. The van der Waals surface area contributed by atoms with E-state index in [-0.39, 0.29) is 22.6 Å². The van der Waals surface area contributed by atoms with Gasteiger partial charge in [-0.25, -0.2) is 8.42 Å². The van der Waals surface area contributed by atoms with E-state index in [0.717, 1.165) is 26.2 Å². The van der Waals surface area contributed by atoms with Crippen LogP contribution in [0.5, 0.6) is 0 Å². The Morgan fingerprint density at radius 3 is 2.09 bits per heavy atom. The van der Waals surface area contributed by atoms with Gasteiger partial charge in [0.1, 0.15) is 0 Å². The summed E-state index contributed by atoms with van der Waals surface area (Å²) in [6.07, 6.45) is 4.31. The Morgan fingerprint density at radius 1 is 0.879 bits per heavy atom. The number of carbonyl (C=O) groups excluding carboxylic acids is 2. The van der Waals surface area contributed by atoms with Gasteiger partial charge in [-0.05, 0) is 56.3 Å². The number of aromatic nitrogens is 1. The molecule has 1 N–H and O–H groups in total. The number of likely N-dealkylation sites (N-methyl/N-ethyl adjacent to an activating group) is 1. The van der Waals surface area contributed by atoms with Crippen LogP contribution in [0.25, 0.3) is 0 Å². The zero-order chi connectivity index (χ0) is 23.4. The first-order valence-electron chi connectivity index (χ1n) is 11.1. The second-order valence-electron chi connectivity index (χ2n) is 8.56. The van der Waals surface area contributed by atoms with Crippen molar-refractivity contribution in [2.24, 2.45) is 5.92 Å². The van der Waals surface area contributed by atoms with Crippen LogP contribution in [0.2, 0.25) is 0 Å². The number of likely N-dealkylation sites (tertiary alicyclic amines) is 1. The smallest absolute Gasteiger partial charge is 0.261 e. The third-order valence-electron chi connectivity index (χ3n) is 6.29. The maximum absolute atomic E-state index is 12.9. The first kappa shape index (κ1) is 23.2. The van der Waals surface area contributed by atoms with Crippen molar-refractivity contribution >= 4 is 27.5 Å². The van der Waals surface area contributed by atoms with Gasteiger partial charge in [-0.1, -0.05) is 0 Å². The quantitative estimate of drug-likeness (QED) is 0.709. The topological polar surface area (TPSA) is 103 Å². The monoisotopic (exact) mass is 471 g/mol. The van der Waals surface area contributed by atoms with Gasteiger partial charge in [-0.2, -0.15) is 0 Å². The molecule has 2 saturated heterocycles. The van der Waals surface area contributed by atoms with Crippen molar-refractivity contribution in [3.05, 3.63) is 54.4 Å². The second-order valence-corrected chi connectivity index (χ2v) is 10.2. The maximum Gasteiger partial charge on any atom is 0.261 e. The SMILES string of the molecule is CN1CCN(C(=O)C2CCN(C(=O)c3ccc(S(=O)(=O)Nc4ccncc4)cc3)CC2)CC1. The van der Waals surface area contributed by atoms with Crippen molar-refractivity contribution in [3.8, 4) is 0 Å². The summed E-state index contributed by atoms with van der Waals surface area (Å²) in [5.74, 6) is 0.0160. The highest BCUT2D eigenvalue weighted by Gasteiger charge is 2.31. The molecule has 2 aromatic rings. The summed E-state index contributed by atoms with van der Waals surface area (Å²) in [5, 5.41) is 0. The molecule has 0 unspecified atom stereocenters. The van der Waals surface area contributed by atoms with Crippen LogP contribution >= 0.6 is 0 Å². The molecule has 1 aromatic carbocycles. The molecule has 33 heavy (non-hydrogen) atoms. The van der Waals surface area contributed by atoms with Gasteiger partial charge in [-0.15, -0.1) is 0 Å². The van der Waals surface area contributed by atoms with Crippen LogP contribution < -0.4 is 4.72 Å². The Balaban J connectivity index is 1.33. The number of rotatable bonds is 5. The Hall–Kier alpha value is -2.98. The number of nitrogens with zero attached hydrogens (tertiary/aromatic N) is 4. The molecule has 0 saturated carbocycles. The van der Waals surface area contributed by atoms with E-state index in [1.165, 1.54) is 36.7 Å². The predicted octanol–water partition coefficient (Wildman–Crippen LogP) is 1.51. The number of hydrogen-bond donors (Lipinski definition) is 1. The number of amides is 2. The van der Waals surface area contributed by atoms with Gasteiger partial charge < -0.3 is 14.7 Å². The molecule has 0 aliphatic carbocycles. The lowest BCUT2D eigenvalue weighted by Gasteiger charge is -2.37. The molecule has 3 heterocycles. The van der Waals surface area contributed by atoms with Gasteiger partial charge in [0, 0.05) is 63.1 Å². The third kappa shape index (κ3) is 5.51. The van der Waals surface area contributed by atoms with Gasteiger partial charge in [0.2, 0.25) is 5.91 Å². The van der Waals surface area contributed by atoms with Crippen molar-refractivity contribution in [3.63, 3.8) is 0 Å². The standard InChI is InChI=1S/C23H29N5O4S/c1-26-14-16-28(17-15-26)23(30)19-8-12-27(13-9-19)22(29)18-2-4-21(5-3-18)33(31,32)25-20-6-10-24-11-7-20/h2-7,10-11,19H,8-9,12-17H2,1H3,(H,24,25). The van der Waals surface area contributed by atoms with E-state index in [1.54, 1.807) is 17.0 Å². The molecular weight excluding hydrogens is 442 g/mol. The summed E-state index contributed by atoms with van der Waals surface area (Å²) < 4.78 is 27.6. The normalized spacial score (nSPS) is 18.2. The Morgan fingerprint density at radius 2 is 1.48 bits per heavy atom. The van der Waals surface area contributed by atoms with Crippen LogP contribution in [0.3, 0.4) is 0 Å². The number of benzene rings is 1. The third-order valence-corrected chi connectivity index (χ3v) is 7.69. The van der Waals surface area contributed by atoms with Crippen LogP contribution in [0.15, 0.2) is 53.7 Å². The van der Waals surface area contributed by atoms with Crippen LogP contribution in [0.4, 0.5) is 5.69 Å². The van der Waals surface area contributed by atoms with E-state index in [1.807, 2.05) is 4.90 Å². The molecule has 0 atom stereocenters. The van der Waals surface area contributed by atoms with E-state index in [9.17, 15) is 18.0 Å². The summed E-state index contributed by atoms with van der Waals surface area (Å²) in [6, 6.07) is 9.05. The molecule has 0 bridgehead atoms. The Kier molecular flexibility index (Phi) is 6.94. The van der Waals surface area contributed by atoms with E-state index >= 15 is 0 Å². The lowest BCUT2D eigenvalue weighted by atomic mass is 9.94. The van der Waals surface area contributed by atoms with Crippen LogP contribution in [-0.2, 0) is 14.8 Å². The summed E-state index contributed by atoms with van der Waals surface area (Å²) in [6.45, 7) is 4.36. The number of anilines is 1. The fourth-order valence-electron chi connectivity index (χ4n) is 4.21. The number of carbonyl (C=O) groups is 2. The second kappa shape index (κ2) is 9.88. The molecule has 0 radical (unpaired) electrons. The highest BCUT2D eigenvalue weighted by molar-refractivity contribution is 7.92. The minimum atomic E-state index is -3.76. The van der Waals surface area contributed by atoms with Gasteiger partial charge in [-0.3, -0.25) is 19.3 Å². The lowest BCUT2D eigenvalue weighted by Crippen LogP contribution is -2.51. The molecule has 2 amide bonds. The number of pyridine rings is 1. The Labute approximate surface area is 194 Å². The summed E-state index contributed by atoms with van der Waals surface area (Å²) in [7, 11) is -1.70. The molecule has 10 heteroatoms. The molecule has 2 aliphatic heterocycles. The van der Waals surface area contributed by atoms with Crippen LogP contribution in [0.1, 0.15) is 23.2 Å². The van der Waals surface area contributed by atoms with E-state index in [2.05, 4.69) is 21.7 Å². The van der Waals surface area contributed by atoms with E-state index in [4.69, 9.17) is 0 Å². The van der Waals surface area contributed by atoms with Crippen molar-refractivity contribution in [2.75, 3.05) is 51.0 Å². The summed E-state index contributed by atoms with van der Waals surface area (Å²) in [4.78, 5) is 35.6. The summed E-state index contributed by atoms with van der Waals surface area (Å²) in [5.41, 5.74) is 0.848.